The maximum atomic E-state index is 12.7. The molecule has 4 N–H and O–H groups in total. The Morgan fingerprint density at radius 3 is 1.68 bits per heavy atom. The quantitative estimate of drug-likeness (QED) is 0.0959. The van der Waals surface area contributed by atoms with Crippen LogP contribution in [0.2, 0.25) is 0 Å². The number of allylic oxidation sites excluding steroid dienone is 4. The number of hydrogen-bond acceptors (Lipinski definition) is 6. The Morgan fingerprint density at radius 1 is 0.750 bits per heavy atom. The van der Waals surface area contributed by atoms with E-state index < -0.39 is 0 Å². The highest BCUT2D eigenvalue weighted by Gasteiger charge is 2.24. The van der Waals surface area contributed by atoms with Crippen molar-refractivity contribution >= 4 is 11.8 Å². The second kappa shape index (κ2) is 19.4. The molecule has 0 aliphatic rings. The zero-order valence-corrected chi connectivity index (χ0v) is 27.4. The highest BCUT2D eigenvalue weighted by atomic mass is 16.5. The molecule has 44 heavy (non-hydrogen) atoms. The van der Waals surface area contributed by atoms with Crippen molar-refractivity contribution in [3.05, 3.63) is 59.2 Å². The topological polar surface area (TPSA) is 117 Å². The molecule has 0 saturated heterocycles. The first kappa shape index (κ1) is 36.3. The number of aromatic hydroxyl groups is 2. The van der Waals surface area contributed by atoms with E-state index in [2.05, 4.69) is 56.6 Å². The molecule has 0 aliphatic heterocycles. The Hall–Kier alpha value is -3.94. The molecule has 8 heteroatoms. The predicted octanol–water partition coefficient (Wildman–Crippen LogP) is 7.70. The molecule has 0 atom stereocenters. The summed E-state index contributed by atoms with van der Waals surface area (Å²) in [6.45, 7) is 8.80. The molecule has 0 unspecified atom stereocenters. The summed E-state index contributed by atoms with van der Waals surface area (Å²) < 4.78 is 11.2. The van der Waals surface area contributed by atoms with Gasteiger partial charge in [0.25, 0.3) is 0 Å². The van der Waals surface area contributed by atoms with Crippen LogP contribution >= 0.6 is 0 Å². The number of amides is 2. The predicted molar refractivity (Wildman–Crippen MR) is 177 cm³/mol. The number of ether oxygens (including phenoxy) is 2. The van der Waals surface area contributed by atoms with Crippen molar-refractivity contribution in [2.75, 3.05) is 14.2 Å². The zero-order valence-electron chi connectivity index (χ0n) is 27.4. The highest BCUT2D eigenvalue weighted by molar-refractivity contribution is 5.86. The van der Waals surface area contributed by atoms with Crippen molar-refractivity contribution in [1.29, 1.82) is 0 Å². The SMILES string of the molecule is COc1c(O)ccc(CNC(=O)CCCC/C=C/C(C)C)c1-c1c(CNC(=O)CCCCCC=C(C)C)ccc(O)c1OC. The number of carbonyl (C=O) groups excluding carboxylic acids is 2. The van der Waals surface area contributed by atoms with E-state index >= 15 is 0 Å². The second-order valence-corrected chi connectivity index (χ2v) is 11.7. The average Bonchev–Trinajstić information content (AvgIpc) is 2.98. The summed E-state index contributed by atoms with van der Waals surface area (Å²) in [6.07, 6.45) is 13.8. The van der Waals surface area contributed by atoms with Gasteiger partial charge in [0.2, 0.25) is 11.8 Å². The van der Waals surface area contributed by atoms with Gasteiger partial charge in [-0.05, 0) is 81.5 Å². The molecule has 0 aromatic heterocycles. The molecule has 0 bridgehead atoms. The van der Waals surface area contributed by atoms with Gasteiger partial charge < -0.3 is 30.3 Å². The van der Waals surface area contributed by atoms with Crippen molar-refractivity contribution in [3.8, 4) is 34.1 Å². The molecule has 0 heterocycles. The summed E-state index contributed by atoms with van der Waals surface area (Å²) in [5.74, 6) is 0.543. The van der Waals surface area contributed by atoms with E-state index in [1.807, 2.05) is 0 Å². The van der Waals surface area contributed by atoms with Crippen LogP contribution in [0.3, 0.4) is 0 Å². The van der Waals surface area contributed by atoms with Crippen molar-refractivity contribution in [3.63, 3.8) is 0 Å². The Balaban J connectivity index is 2.23. The summed E-state index contributed by atoms with van der Waals surface area (Å²) in [5, 5.41) is 27.4. The van der Waals surface area contributed by atoms with Gasteiger partial charge in [0.15, 0.2) is 23.0 Å². The van der Waals surface area contributed by atoms with Crippen LogP contribution < -0.4 is 20.1 Å². The van der Waals surface area contributed by atoms with Crippen molar-refractivity contribution in [1.82, 2.24) is 10.6 Å². The largest absolute Gasteiger partial charge is 0.504 e. The lowest BCUT2D eigenvalue weighted by atomic mass is 9.92. The number of nitrogens with one attached hydrogen (secondary N) is 2. The second-order valence-electron chi connectivity index (χ2n) is 11.7. The van der Waals surface area contributed by atoms with E-state index in [9.17, 15) is 19.8 Å². The number of carbonyl (C=O) groups is 2. The van der Waals surface area contributed by atoms with Gasteiger partial charge >= 0.3 is 0 Å². The molecule has 242 valence electrons. The molecule has 0 fully saturated rings. The van der Waals surface area contributed by atoms with Crippen molar-refractivity contribution in [2.45, 2.75) is 98.6 Å². The molecular weight excluding hydrogens is 556 g/mol. The van der Waals surface area contributed by atoms with Gasteiger partial charge in [0, 0.05) is 37.1 Å². The molecule has 0 saturated carbocycles. The minimum Gasteiger partial charge on any atom is -0.504 e. The average molecular weight is 609 g/mol. The lowest BCUT2D eigenvalue weighted by molar-refractivity contribution is -0.122. The maximum Gasteiger partial charge on any atom is 0.220 e. The van der Waals surface area contributed by atoms with Crippen LogP contribution in [0.5, 0.6) is 23.0 Å². The maximum absolute atomic E-state index is 12.7. The standard InChI is InChI=1S/C36H52N2O6/c1-25(2)15-11-7-9-13-17-31(41)37-23-27-19-21-29(39)35(43-5)33(27)34-28(20-22-30(40)36(34)44-6)24-38-32(42)18-14-10-8-12-16-26(3)4/h11,15-16,19-22,25,39-40H,7-10,12-14,17-18,23-24H2,1-6H3,(H,37,41)(H,38,42)/b15-11+. The Labute approximate surface area is 263 Å². The van der Waals surface area contributed by atoms with Crippen molar-refractivity contribution in [2.24, 2.45) is 5.92 Å². The molecule has 2 aromatic carbocycles. The Morgan fingerprint density at radius 2 is 1.23 bits per heavy atom. The molecule has 2 aromatic rings. The van der Waals surface area contributed by atoms with E-state index in [-0.39, 0.29) is 47.9 Å². The molecule has 8 nitrogen and oxygen atoms in total. The molecule has 2 rings (SSSR count). The summed E-state index contributed by atoms with van der Waals surface area (Å²) in [5.41, 5.74) is 3.59. The lowest BCUT2D eigenvalue weighted by Gasteiger charge is -2.21. The number of rotatable bonds is 19. The van der Waals surface area contributed by atoms with E-state index in [1.165, 1.54) is 31.9 Å². The lowest BCUT2D eigenvalue weighted by Crippen LogP contribution is -2.24. The molecular formula is C36H52N2O6. The van der Waals surface area contributed by atoms with E-state index in [1.54, 1.807) is 12.1 Å². The normalized spacial score (nSPS) is 11.1. The number of phenolic OH excluding ortho intramolecular Hbond substituents is 2. The monoisotopic (exact) mass is 608 g/mol. The van der Waals surface area contributed by atoms with Crippen LogP contribution in [-0.4, -0.2) is 36.2 Å². The number of hydrogen-bond donors (Lipinski definition) is 4. The fourth-order valence-corrected chi connectivity index (χ4v) is 4.96. The van der Waals surface area contributed by atoms with Crippen LogP contribution in [-0.2, 0) is 22.7 Å². The van der Waals surface area contributed by atoms with Gasteiger partial charge in [-0.1, -0.05) is 56.2 Å². The van der Waals surface area contributed by atoms with Crippen molar-refractivity contribution < 1.29 is 29.3 Å². The van der Waals surface area contributed by atoms with Gasteiger partial charge in [-0.3, -0.25) is 9.59 Å². The summed E-state index contributed by atoms with van der Waals surface area (Å²) in [4.78, 5) is 25.4. The summed E-state index contributed by atoms with van der Waals surface area (Å²) >= 11 is 0. The van der Waals surface area contributed by atoms with Gasteiger partial charge in [-0.15, -0.1) is 0 Å². The van der Waals surface area contributed by atoms with Crippen LogP contribution in [0.4, 0.5) is 0 Å². The van der Waals surface area contributed by atoms with Gasteiger partial charge in [-0.2, -0.15) is 0 Å². The first-order valence-corrected chi connectivity index (χ1v) is 15.7. The van der Waals surface area contributed by atoms with E-state index in [0.29, 0.717) is 41.0 Å². The Bertz CT molecular complexity index is 1280. The molecule has 0 spiro atoms. The highest BCUT2D eigenvalue weighted by Crippen LogP contribution is 2.48. The van der Waals surface area contributed by atoms with Gasteiger partial charge in [-0.25, -0.2) is 0 Å². The number of methoxy groups -OCH3 is 2. The van der Waals surface area contributed by atoms with Crippen LogP contribution in [0.15, 0.2) is 48.1 Å². The summed E-state index contributed by atoms with van der Waals surface area (Å²) in [6, 6.07) is 6.46. The fraction of sp³-hybridized carbons (Fsp3) is 0.500. The number of unbranched alkanes of at least 4 members (excludes halogenated alkanes) is 5. The van der Waals surface area contributed by atoms with E-state index in [4.69, 9.17) is 9.47 Å². The van der Waals surface area contributed by atoms with Gasteiger partial charge in [0.1, 0.15) is 0 Å². The van der Waals surface area contributed by atoms with E-state index in [0.717, 1.165) is 44.9 Å². The third-order valence-corrected chi connectivity index (χ3v) is 7.26. The smallest absolute Gasteiger partial charge is 0.220 e. The molecule has 0 aliphatic carbocycles. The third-order valence-electron chi connectivity index (χ3n) is 7.26. The van der Waals surface area contributed by atoms with Crippen LogP contribution in [0.25, 0.3) is 11.1 Å². The first-order chi connectivity index (χ1) is 21.1. The van der Waals surface area contributed by atoms with Crippen LogP contribution in [0.1, 0.15) is 96.6 Å². The number of phenols is 2. The first-order valence-electron chi connectivity index (χ1n) is 15.7. The Kier molecular flexibility index (Phi) is 16.0. The molecule has 2 amide bonds. The minimum atomic E-state index is -0.0967. The van der Waals surface area contributed by atoms with Crippen LogP contribution in [0, 0.1) is 5.92 Å². The minimum absolute atomic E-state index is 0.0692. The fourth-order valence-electron chi connectivity index (χ4n) is 4.96. The zero-order chi connectivity index (χ0) is 32.5. The number of benzene rings is 2. The molecule has 0 radical (unpaired) electrons. The third kappa shape index (κ3) is 12.0. The van der Waals surface area contributed by atoms with Gasteiger partial charge in [0.05, 0.1) is 14.2 Å². The summed E-state index contributed by atoms with van der Waals surface area (Å²) in [7, 11) is 2.90.